The summed E-state index contributed by atoms with van der Waals surface area (Å²) in [7, 11) is 0. The third-order valence-corrected chi connectivity index (χ3v) is 3.64. The van der Waals surface area contributed by atoms with Crippen LogP contribution < -0.4 is 5.32 Å². The summed E-state index contributed by atoms with van der Waals surface area (Å²) in [5.41, 5.74) is 0. The lowest BCUT2D eigenvalue weighted by Gasteiger charge is -2.22. The first-order valence-electron chi connectivity index (χ1n) is 5.76. The van der Waals surface area contributed by atoms with E-state index in [0.29, 0.717) is 6.04 Å². The molecule has 2 atom stereocenters. The van der Waals surface area contributed by atoms with Gasteiger partial charge in [-0.3, -0.25) is 4.79 Å². The number of hydrogen-bond acceptors (Lipinski definition) is 2. The van der Waals surface area contributed by atoms with E-state index in [1.54, 1.807) is 0 Å². The molecule has 0 spiro atoms. The van der Waals surface area contributed by atoms with E-state index in [1.165, 1.54) is 25.7 Å². The maximum absolute atomic E-state index is 10.9. The normalized spacial score (nSPS) is 33.7. The monoisotopic (exact) mass is 197 g/mol. The van der Waals surface area contributed by atoms with Gasteiger partial charge in [0.1, 0.15) is 0 Å². The van der Waals surface area contributed by atoms with E-state index in [2.05, 4.69) is 5.32 Å². The molecule has 0 radical (unpaired) electrons. The summed E-state index contributed by atoms with van der Waals surface area (Å²) in [6.07, 6.45) is 8.07. The third kappa shape index (κ3) is 2.08. The molecule has 2 fully saturated rings. The van der Waals surface area contributed by atoms with Crippen molar-refractivity contribution >= 4 is 5.97 Å². The Morgan fingerprint density at radius 1 is 1.07 bits per heavy atom. The van der Waals surface area contributed by atoms with Gasteiger partial charge < -0.3 is 10.4 Å². The van der Waals surface area contributed by atoms with E-state index in [4.69, 9.17) is 5.11 Å². The Bertz CT molecular complexity index is 211. The van der Waals surface area contributed by atoms with Crippen molar-refractivity contribution < 1.29 is 9.90 Å². The van der Waals surface area contributed by atoms with Crippen molar-refractivity contribution in [1.82, 2.24) is 5.32 Å². The summed E-state index contributed by atoms with van der Waals surface area (Å²) >= 11 is 0. The van der Waals surface area contributed by atoms with Crippen molar-refractivity contribution in [3.63, 3.8) is 0 Å². The molecule has 3 nitrogen and oxygen atoms in total. The van der Waals surface area contributed by atoms with E-state index in [0.717, 1.165) is 19.3 Å². The first kappa shape index (κ1) is 9.97. The molecule has 0 unspecified atom stereocenters. The number of carbonyl (C=O) groups is 1. The minimum Gasteiger partial charge on any atom is -0.481 e. The van der Waals surface area contributed by atoms with Crippen LogP contribution in [0.5, 0.6) is 0 Å². The molecule has 3 heteroatoms. The molecule has 0 bridgehead atoms. The van der Waals surface area contributed by atoms with Crippen LogP contribution in [0.3, 0.4) is 0 Å². The van der Waals surface area contributed by atoms with Crippen LogP contribution in [0.15, 0.2) is 0 Å². The molecule has 0 aromatic heterocycles. The summed E-state index contributed by atoms with van der Waals surface area (Å²) in [6.45, 7) is 0. The molecule has 2 N–H and O–H groups in total. The van der Waals surface area contributed by atoms with Crippen molar-refractivity contribution in [2.75, 3.05) is 0 Å². The summed E-state index contributed by atoms with van der Waals surface area (Å²) in [6, 6.07) is 0.843. The zero-order chi connectivity index (χ0) is 9.97. The highest BCUT2D eigenvalue weighted by Crippen LogP contribution is 2.28. The summed E-state index contributed by atoms with van der Waals surface area (Å²) in [5, 5.41) is 12.5. The van der Waals surface area contributed by atoms with Gasteiger partial charge in [0.25, 0.3) is 0 Å². The molecular formula is C11H19NO2. The number of hydrogen-bond donors (Lipinski definition) is 2. The van der Waals surface area contributed by atoms with Crippen LogP contribution in [0, 0.1) is 5.92 Å². The van der Waals surface area contributed by atoms with Crippen molar-refractivity contribution in [3.05, 3.63) is 0 Å². The minimum absolute atomic E-state index is 0.129. The molecule has 0 aromatic carbocycles. The summed E-state index contributed by atoms with van der Waals surface area (Å²) in [4.78, 5) is 10.9. The largest absolute Gasteiger partial charge is 0.481 e. The second-order valence-electron chi connectivity index (χ2n) is 4.63. The first-order chi connectivity index (χ1) is 6.77. The van der Waals surface area contributed by atoms with Crippen LogP contribution >= 0.6 is 0 Å². The molecule has 0 saturated heterocycles. The molecule has 2 rings (SSSR count). The van der Waals surface area contributed by atoms with Gasteiger partial charge in [-0.1, -0.05) is 19.3 Å². The van der Waals surface area contributed by atoms with E-state index < -0.39 is 5.97 Å². The van der Waals surface area contributed by atoms with Crippen LogP contribution in [0.4, 0.5) is 0 Å². The first-order valence-corrected chi connectivity index (χ1v) is 5.76. The maximum Gasteiger partial charge on any atom is 0.308 e. The zero-order valence-corrected chi connectivity index (χ0v) is 8.54. The number of carboxylic acid groups (broad SMARTS) is 1. The van der Waals surface area contributed by atoms with Gasteiger partial charge in [-0.25, -0.2) is 0 Å². The van der Waals surface area contributed by atoms with Crippen molar-refractivity contribution in [2.45, 2.75) is 57.0 Å². The third-order valence-electron chi connectivity index (χ3n) is 3.64. The molecular weight excluding hydrogens is 178 g/mol. The van der Waals surface area contributed by atoms with E-state index in [-0.39, 0.29) is 12.0 Å². The number of rotatable bonds is 3. The van der Waals surface area contributed by atoms with Gasteiger partial charge >= 0.3 is 5.97 Å². The average Bonchev–Trinajstić information content (AvgIpc) is 2.75. The molecule has 2 aliphatic rings. The maximum atomic E-state index is 10.9. The minimum atomic E-state index is -0.613. The lowest BCUT2D eigenvalue weighted by molar-refractivity contribution is -0.142. The van der Waals surface area contributed by atoms with Crippen LogP contribution in [0.25, 0.3) is 0 Å². The predicted octanol–water partition coefficient (Wildman–Crippen LogP) is 1.77. The summed E-state index contributed by atoms with van der Waals surface area (Å²) in [5.74, 6) is -0.742. The second kappa shape index (κ2) is 4.30. The van der Waals surface area contributed by atoms with Gasteiger partial charge in [-0.2, -0.15) is 0 Å². The Kier molecular flexibility index (Phi) is 3.06. The number of carboxylic acids is 1. The fraction of sp³-hybridized carbons (Fsp3) is 0.909. The highest BCUT2D eigenvalue weighted by Gasteiger charge is 2.34. The Balaban J connectivity index is 1.86. The highest BCUT2D eigenvalue weighted by molar-refractivity contribution is 5.71. The Morgan fingerprint density at radius 3 is 2.43 bits per heavy atom. The molecule has 0 aliphatic heterocycles. The highest BCUT2D eigenvalue weighted by atomic mass is 16.4. The van der Waals surface area contributed by atoms with Gasteiger partial charge in [0.05, 0.1) is 5.92 Å². The molecule has 0 amide bonds. The molecule has 0 aromatic rings. The fourth-order valence-electron chi connectivity index (χ4n) is 2.85. The topological polar surface area (TPSA) is 49.3 Å². The van der Waals surface area contributed by atoms with Gasteiger partial charge in [0.2, 0.25) is 0 Å². The van der Waals surface area contributed by atoms with E-state index in [1.807, 2.05) is 0 Å². The lowest BCUT2D eigenvalue weighted by Crippen LogP contribution is -2.41. The van der Waals surface area contributed by atoms with Crippen molar-refractivity contribution in [2.24, 2.45) is 5.92 Å². The lowest BCUT2D eigenvalue weighted by atomic mass is 10.0. The van der Waals surface area contributed by atoms with Crippen LogP contribution in [-0.2, 0) is 4.79 Å². The number of aliphatic carboxylic acids is 1. The Morgan fingerprint density at radius 2 is 1.79 bits per heavy atom. The molecule has 80 valence electrons. The zero-order valence-electron chi connectivity index (χ0n) is 8.54. The van der Waals surface area contributed by atoms with Gasteiger partial charge in [0.15, 0.2) is 0 Å². The predicted molar refractivity (Wildman–Crippen MR) is 54.2 cm³/mol. The Hall–Kier alpha value is -0.570. The molecule has 2 aliphatic carbocycles. The smallest absolute Gasteiger partial charge is 0.308 e. The van der Waals surface area contributed by atoms with Crippen molar-refractivity contribution in [3.8, 4) is 0 Å². The Labute approximate surface area is 84.9 Å². The SMILES string of the molecule is O=C(O)[C@H]1CCC[C@H]1NC1CCCC1. The van der Waals surface area contributed by atoms with Crippen LogP contribution in [-0.4, -0.2) is 23.2 Å². The quantitative estimate of drug-likeness (QED) is 0.725. The number of nitrogens with one attached hydrogen (secondary N) is 1. The standard InChI is InChI=1S/C11H19NO2/c13-11(14)9-6-3-7-10(9)12-8-4-1-2-5-8/h8-10,12H,1-7H2,(H,13,14)/t9-,10+/m0/s1. The molecule has 2 saturated carbocycles. The van der Waals surface area contributed by atoms with Crippen molar-refractivity contribution in [1.29, 1.82) is 0 Å². The van der Waals surface area contributed by atoms with Crippen LogP contribution in [0.1, 0.15) is 44.9 Å². The van der Waals surface area contributed by atoms with E-state index >= 15 is 0 Å². The van der Waals surface area contributed by atoms with Gasteiger partial charge in [-0.05, 0) is 25.7 Å². The summed E-state index contributed by atoms with van der Waals surface area (Å²) < 4.78 is 0. The van der Waals surface area contributed by atoms with Gasteiger partial charge in [-0.15, -0.1) is 0 Å². The molecule has 14 heavy (non-hydrogen) atoms. The van der Waals surface area contributed by atoms with Crippen LogP contribution in [0.2, 0.25) is 0 Å². The van der Waals surface area contributed by atoms with Gasteiger partial charge in [0, 0.05) is 12.1 Å². The fourth-order valence-corrected chi connectivity index (χ4v) is 2.85. The molecule has 0 heterocycles. The second-order valence-corrected chi connectivity index (χ2v) is 4.63. The average molecular weight is 197 g/mol. The van der Waals surface area contributed by atoms with E-state index in [9.17, 15) is 4.79 Å².